The van der Waals surface area contributed by atoms with Crippen molar-refractivity contribution in [3.05, 3.63) is 59.4 Å². The lowest BCUT2D eigenvalue weighted by Gasteiger charge is -2.20. The van der Waals surface area contributed by atoms with E-state index in [1.165, 1.54) is 11.1 Å². The van der Waals surface area contributed by atoms with Gasteiger partial charge in [-0.2, -0.15) is 0 Å². The Balaban J connectivity index is 1.84. The molecule has 1 aliphatic heterocycles. The number of nitrogens with zero attached hydrogens (tertiary/aromatic N) is 2. The molecule has 1 aromatic heterocycles. The van der Waals surface area contributed by atoms with Gasteiger partial charge in [0.1, 0.15) is 5.69 Å². The van der Waals surface area contributed by atoms with Gasteiger partial charge in [0.05, 0.1) is 5.69 Å². The van der Waals surface area contributed by atoms with Gasteiger partial charge in [-0.25, -0.2) is 0 Å². The van der Waals surface area contributed by atoms with E-state index in [-0.39, 0.29) is 5.91 Å². The first-order valence-corrected chi connectivity index (χ1v) is 7.06. The molecule has 0 saturated carbocycles. The van der Waals surface area contributed by atoms with Crippen molar-refractivity contribution in [1.82, 2.24) is 9.88 Å². The lowest BCUT2D eigenvalue weighted by Crippen LogP contribution is -2.31. The summed E-state index contributed by atoms with van der Waals surface area (Å²) in [5, 5.41) is 0. The number of hydrogen-bond donors (Lipinski definition) is 2. The van der Waals surface area contributed by atoms with Crippen molar-refractivity contribution in [3.63, 3.8) is 0 Å². The summed E-state index contributed by atoms with van der Waals surface area (Å²) in [5.41, 5.74) is 6.20. The number of hydrogen-bond acceptors (Lipinski definition) is 4. The monoisotopic (exact) mass is 282 g/mol. The standard InChI is InChI=1S/C16H18N4O/c17-19-14-7-8-18-15(10-14)16(21)20-9-3-6-12-4-1-2-5-13(12)11-20/h1-2,4-5,7-8,10H,3,6,9,11,17H2,(H,18,19). The van der Waals surface area contributed by atoms with E-state index in [1.807, 2.05) is 17.0 Å². The topological polar surface area (TPSA) is 71.2 Å². The Hall–Kier alpha value is -2.40. The summed E-state index contributed by atoms with van der Waals surface area (Å²) in [6.45, 7) is 1.38. The highest BCUT2D eigenvalue weighted by Crippen LogP contribution is 2.20. The van der Waals surface area contributed by atoms with Crippen LogP contribution in [0.5, 0.6) is 0 Å². The van der Waals surface area contributed by atoms with Crippen LogP contribution in [0.1, 0.15) is 28.0 Å². The van der Waals surface area contributed by atoms with Gasteiger partial charge in [0.2, 0.25) is 0 Å². The Bertz CT molecular complexity index is 656. The predicted molar refractivity (Wildman–Crippen MR) is 81.6 cm³/mol. The average molecular weight is 282 g/mol. The van der Waals surface area contributed by atoms with Crippen LogP contribution >= 0.6 is 0 Å². The fraction of sp³-hybridized carbons (Fsp3) is 0.250. The molecule has 0 spiro atoms. The molecule has 0 unspecified atom stereocenters. The number of anilines is 1. The first kappa shape index (κ1) is 13.6. The zero-order valence-corrected chi connectivity index (χ0v) is 11.7. The van der Waals surface area contributed by atoms with Crippen molar-refractivity contribution in [2.75, 3.05) is 12.0 Å². The van der Waals surface area contributed by atoms with Gasteiger partial charge in [-0.05, 0) is 36.1 Å². The second-order valence-corrected chi connectivity index (χ2v) is 5.17. The number of nitrogen functional groups attached to an aromatic ring is 1. The number of amides is 1. The number of benzene rings is 1. The van der Waals surface area contributed by atoms with Crippen LogP contribution in [-0.4, -0.2) is 22.3 Å². The summed E-state index contributed by atoms with van der Waals surface area (Å²) in [4.78, 5) is 18.6. The van der Waals surface area contributed by atoms with Crippen molar-refractivity contribution in [2.45, 2.75) is 19.4 Å². The molecule has 0 aliphatic carbocycles. The van der Waals surface area contributed by atoms with E-state index in [2.05, 4.69) is 22.5 Å². The first-order valence-electron chi connectivity index (χ1n) is 7.06. The number of carbonyl (C=O) groups excluding carboxylic acids is 1. The second kappa shape index (κ2) is 5.93. The quantitative estimate of drug-likeness (QED) is 0.652. The van der Waals surface area contributed by atoms with Gasteiger partial charge in [-0.15, -0.1) is 0 Å². The maximum absolute atomic E-state index is 12.6. The molecule has 1 aliphatic rings. The van der Waals surface area contributed by atoms with E-state index in [0.717, 1.165) is 19.4 Å². The Labute approximate surface area is 123 Å². The molecule has 3 N–H and O–H groups in total. The van der Waals surface area contributed by atoms with Crippen molar-refractivity contribution in [3.8, 4) is 0 Å². The van der Waals surface area contributed by atoms with Crippen LogP contribution in [0.15, 0.2) is 42.6 Å². The van der Waals surface area contributed by atoms with Crippen molar-refractivity contribution in [2.24, 2.45) is 5.84 Å². The minimum Gasteiger partial charge on any atom is -0.333 e. The minimum absolute atomic E-state index is 0.0520. The smallest absolute Gasteiger partial charge is 0.272 e. The van der Waals surface area contributed by atoms with E-state index < -0.39 is 0 Å². The highest BCUT2D eigenvalue weighted by atomic mass is 16.2. The van der Waals surface area contributed by atoms with Gasteiger partial charge in [0.15, 0.2) is 0 Å². The van der Waals surface area contributed by atoms with Crippen molar-refractivity contribution in [1.29, 1.82) is 0 Å². The summed E-state index contributed by atoms with van der Waals surface area (Å²) >= 11 is 0. The largest absolute Gasteiger partial charge is 0.333 e. The Morgan fingerprint density at radius 1 is 1.24 bits per heavy atom. The van der Waals surface area contributed by atoms with E-state index in [4.69, 9.17) is 5.84 Å². The summed E-state index contributed by atoms with van der Waals surface area (Å²) < 4.78 is 0. The lowest BCUT2D eigenvalue weighted by molar-refractivity contribution is 0.0740. The first-order chi connectivity index (χ1) is 10.3. The van der Waals surface area contributed by atoms with Crippen LogP contribution in [0.3, 0.4) is 0 Å². The molecule has 5 nitrogen and oxygen atoms in total. The zero-order valence-electron chi connectivity index (χ0n) is 11.7. The molecule has 0 radical (unpaired) electrons. The third-order valence-electron chi connectivity index (χ3n) is 3.79. The van der Waals surface area contributed by atoms with Gasteiger partial charge >= 0.3 is 0 Å². The molecule has 0 saturated heterocycles. The van der Waals surface area contributed by atoms with Crippen LogP contribution in [0.2, 0.25) is 0 Å². The molecule has 2 heterocycles. The van der Waals surface area contributed by atoms with E-state index in [0.29, 0.717) is 17.9 Å². The summed E-state index contributed by atoms with van der Waals surface area (Å²) in [7, 11) is 0. The maximum atomic E-state index is 12.6. The maximum Gasteiger partial charge on any atom is 0.272 e. The number of pyridine rings is 1. The van der Waals surface area contributed by atoms with Gasteiger partial charge < -0.3 is 10.3 Å². The lowest BCUT2D eigenvalue weighted by atomic mass is 10.0. The second-order valence-electron chi connectivity index (χ2n) is 5.17. The third kappa shape index (κ3) is 2.87. The molecule has 21 heavy (non-hydrogen) atoms. The molecule has 1 aromatic carbocycles. The third-order valence-corrected chi connectivity index (χ3v) is 3.79. The van der Waals surface area contributed by atoms with E-state index >= 15 is 0 Å². The number of fused-ring (bicyclic) bond motifs is 1. The summed E-state index contributed by atoms with van der Waals surface area (Å²) in [6.07, 6.45) is 3.57. The van der Waals surface area contributed by atoms with Crippen molar-refractivity contribution < 1.29 is 4.79 Å². The number of nitrogens with one attached hydrogen (secondary N) is 1. The average Bonchev–Trinajstić information content (AvgIpc) is 2.76. The number of nitrogens with two attached hydrogens (primary N) is 1. The number of rotatable bonds is 2. The normalized spacial score (nSPS) is 14.2. The Kier molecular flexibility index (Phi) is 3.83. The Morgan fingerprint density at radius 3 is 2.86 bits per heavy atom. The van der Waals surface area contributed by atoms with Gasteiger partial charge in [-0.1, -0.05) is 24.3 Å². The van der Waals surface area contributed by atoms with Gasteiger partial charge in [-0.3, -0.25) is 15.6 Å². The molecule has 0 fully saturated rings. The van der Waals surface area contributed by atoms with Crippen LogP contribution in [0.25, 0.3) is 0 Å². The molecule has 1 amide bonds. The number of aromatic nitrogens is 1. The number of hydrazine groups is 1. The summed E-state index contributed by atoms with van der Waals surface area (Å²) in [5.74, 6) is 5.33. The minimum atomic E-state index is -0.0520. The van der Waals surface area contributed by atoms with Crippen LogP contribution in [-0.2, 0) is 13.0 Å². The molecular weight excluding hydrogens is 264 g/mol. The molecular formula is C16H18N4O. The van der Waals surface area contributed by atoms with E-state index in [9.17, 15) is 4.79 Å². The zero-order chi connectivity index (χ0) is 14.7. The number of aryl methyl sites for hydroxylation is 1. The molecule has 3 rings (SSSR count). The van der Waals surface area contributed by atoms with Crippen LogP contribution in [0, 0.1) is 0 Å². The van der Waals surface area contributed by atoms with Crippen LogP contribution < -0.4 is 11.3 Å². The number of carbonyl (C=O) groups is 1. The van der Waals surface area contributed by atoms with Crippen LogP contribution in [0.4, 0.5) is 5.69 Å². The van der Waals surface area contributed by atoms with Gasteiger partial charge in [0, 0.05) is 19.3 Å². The SMILES string of the molecule is NNc1ccnc(C(=O)N2CCCc3ccccc3C2)c1. The molecule has 5 heteroatoms. The summed E-state index contributed by atoms with van der Waals surface area (Å²) in [6, 6.07) is 11.7. The van der Waals surface area contributed by atoms with E-state index in [1.54, 1.807) is 18.3 Å². The molecule has 0 bridgehead atoms. The highest BCUT2D eigenvalue weighted by molar-refractivity contribution is 5.93. The molecule has 108 valence electrons. The fourth-order valence-corrected chi connectivity index (χ4v) is 2.67. The van der Waals surface area contributed by atoms with Gasteiger partial charge in [0.25, 0.3) is 5.91 Å². The van der Waals surface area contributed by atoms with Crippen molar-refractivity contribution >= 4 is 11.6 Å². The molecule has 2 aromatic rings. The predicted octanol–water partition coefficient (Wildman–Crippen LogP) is 1.96. The Morgan fingerprint density at radius 2 is 2.05 bits per heavy atom. The molecule has 0 atom stereocenters. The highest BCUT2D eigenvalue weighted by Gasteiger charge is 2.21. The fourth-order valence-electron chi connectivity index (χ4n) is 2.67.